The highest BCUT2D eigenvalue weighted by atomic mass is 79.9. The van der Waals surface area contributed by atoms with E-state index in [9.17, 15) is 4.79 Å². The van der Waals surface area contributed by atoms with Crippen molar-refractivity contribution in [3.05, 3.63) is 87.5 Å². The Bertz CT molecular complexity index is 1320. The van der Waals surface area contributed by atoms with E-state index in [0.29, 0.717) is 19.0 Å². The maximum Gasteiger partial charge on any atom is 0.321 e. The molecular formula is C27H29BrN6O. The molecule has 1 aliphatic rings. The largest absolute Gasteiger partial charge is 0.324 e. The average molecular weight is 533 g/mol. The molecule has 0 aliphatic carbocycles. The first-order valence-electron chi connectivity index (χ1n) is 12.0. The summed E-state index contributed by atoms with van der Waals surface area (Å²) in [6.45, 7) is 5.50. The Morgan fingerprint density at radius 3 is 2.57 bits per heavy atom. The number of halogens is 1. The third-order valence-corrected chi connectivity index (χ3v) is 7.15. The standard InChI is InChI=1S/C27H29BrN6O/c1-18-12-19(2)14-22(13-18)31-27(35)33-10-7-21(8-11-33)25-15-23(6-5-20-4-3-9-29-16-20)34-26(32-25)24(28)17-30-34/h3-4,9,12-17,21H,5-8,10-11H2,1-2H3,(H,31,35). The van der Waals surface area contributed by atoms with E-state index in [1.54, 1.807) is 12.4 Å². The minimum Gasteiger partial charge on any atom is -0.324 e. The van der Waals surface area contributed by atoms with Crippen LogP contribution >= 0.6 is 15.9 Å². The maximum atomic E-state index is 12.9. The van der Waals surface area contributed by atoms with Crippen molar-refractivity contribution in [2.75, 3.05) is 18.4 Å². The van der Waals surface area contributed by atoms with Gasteiger partial charge in [-0.05, 0) is 96.4 Å². The third kappa shape index (κ3) is 5.37. The van der Waals surface area contributed by atoms with Gasteiger partial charge in [0, 0.05) is 48.5 Å². The number of fused-ring (bicyclic) bond motifs is 1. The number of urea groups is 1. The van der Waals surface area contributed by atoms with E-state index in [-0.39, 0.29) is 6.03 Å². The molecule has 1 N–H and O–H groups in total. The molecule has 180 valence electrons. The minimum absolute atomic E-state index is 0.0347. The number of pyridine rings is 1. The van der Waals surface area contributed by atoms with Gasteiger partial charge in [0.05, 0.1) is 10.7 Å². The summed E-state index contributed by atoms with van der Waals surface area (Å²) in [6, 6.07) is 12.3. The lowest BCUT2D eigenvalue weighted by Gasteiger charge is -2.32. The third-order valence-electron chi connectivity index (χ3n) is 6.59. The molecule has 1 aromatic carbocycles. The molecule has 8 heteroatoms. The van der Waals surface area contributed by atoms with Crippen molar-refractivity contribution in [3.63, 3.8) is 0 Å². The topological polar surface area (TPSA) is 75.4 Å². The second-order valence-corrected chi connectivity index (χ2v) is 10.2. The van der Waals surface area contributed by atoms with Gasteiger partial charge in [0.2, 0.25) is 0 Å². The van der Waals surface area contributed by atoms with E-state index >= 15 is 0 Å². The first-order chi connectivity index (χ1) is 17.0. The zero-order valence-corrected chi connectivity index (χ0v) is 21.6. The van der Waals surface area contributed by atoms with Crippen molar-refractivity contribution in [2.45, 2.75) is 45.4 Å². The summed E-state index contributed by atoms with van der Waals surface area (Å²) < 4.78 is 2.82. The van der Waals surface area contributed by atoms with E-state index in [2.05, 4.69) is 49.5 Å². The maximum absolute atomic E-state index is 12.9. The van der Waals surface area contributed by atoms with E-state index in [4.69, 9.17) is 4.98 Å². The lowest BCUT2D eigenvalue weighted by molar-refractivity contribution is 0.194. The zero-order valence-electron chi connectivity index (χ0n) is 20.0. The van der Waals surface area contributed by atoms with Crippen LogP contribution < -0.4 is 5.32 Å². The van der Waals surface area contributed by atoms with Gasteiger partial charge in [0.1, 0.15) is 0 Å². The number of rotatable bonds is 5. The molecule has 0 radical (unpaired) electrons. The lowest BCUT2D eigenvalue weighted by atomic mass is 9.92. The Morgan fingerprint density at radius 1 is 1.09 bits per heavy atom. The van der Waals surface area contributed by atoms with Crippen LogP contribution in [0.25, 0.3) is 5.65 Å². The molecule has 0 atom stereocenters. The molecule has 4 heterocycles. The van der Waals surface area contributed by atoms with Crippen molar-refractivity contribution in [1.29, 1.82) is 0 Å². The number of anilines is 1. The molecule has 0 saturated carbocycles. The Balaban J connectivity index is 1.28. The molecule has 35 heavy (non-hydrogen) atoms. The first-order valence-corrected chi connectivity index (χ1v) is 12.8. The van der Waals surface area contributed by atoms with Crippen LogP contribution in [0, 0.1) is 13.8 Å². The second-order valence-electron chi connectivity index (χ2n) is 9.33. The summed E-state index contributed by atoms with van der Waals surface area (Å²) >= 11 is 3.61. The van der Waals surface area contributed by atoms with Gasteiger partial charge in [-0.15, -0.1) is 0 Å². The number of benzene rings is 1. The summed E-state index contributed by atoms with van der Waals surface area (Å²) in [5.41, 5.74) is 7.40. The minimum atomic E-state index is -0.0347. The van der Waals surface area contributed by atoms with Gasteiger partial charge in [-0.1, -0.05) is 12.1 Å². The molecule has 0 spiro atoms. The van der Waals surface area contributed by atoms with Crippen LogP contribution in [-0.2, 0) is 12.8 Å². The number of carbonyl (C=O) groups excluding carboxylic acids is 1. The van der Waals surface area contributed by atoms with Gasteiger partial charge in [0.15, 0.2) is 5.65 Å². The Morgan fingerprint density at radius 2 is 1.86 bits per heavy atom. The van der Waals surface area contributed by atoms with Gasteiger partial charge in [-0.2, -0.15) is 5.10 Å². The summed E-state index contributed by atoms with van der Waals surface area (Å²) in [6.07, 6.45) is 9.03. The number of likely N-dealkylation sites (tertiary alicyclic amines) is 1. The van der Waals surface area contributed by atoms with Crippen LogP contribution in [0.1, 0.15) is 46.8 Å². The number of aromatic nitrogens is 4. The predicted molar refractivity (Wildman–Crippen MR) is 141 cm³/mol. The molecule has 7 nitrogen and oxygen atoms in total. The molecule has 2 amide bonds. The highest BCUT2D eigenvalue weighted by molar-refractivity contribution is 9.10. The van der Waals surface area contributed by atoms with Gasteiger partial charge in [-0.3, -0.25) is 4.98 Å². The molecule has 3 aromatic heterocycles. The van der Waals surface area contributed by atoms with E-state index in [0.717, 1.165) is 64.0 Å². The number of aryl methyl sites for hydroxylation is 4. The SMILES string of the molecule is Cc1cc(C)cc(NC(=O)N2CCC(c3cc(CCc4cccnc4)n4ncc(Br)c4n3)CC2)c1. The van der Waals surface area contributed by atoms with Crippen LogP contribution in [0.2, 0.25) is 0 Å². The number of hydrogen-bond acceptors (Lipinski definition) is 4. The van der Waals surface area contributed by atoms with Crippen LogP contribution in [0.4, 0.5) is 10.5 Å². The molecule has 1 aliphatic heterocycles. The fraction of sp³-hybridized carbons (Fsp3) is 0.333. The molecule has 1 saturated heterocycles. The zero-order chi connectivity index (χ0) is 24.4. The number of nitrogens with zero attached hydrogens (tertiary/aromatic N) is 5. The van der Waals surface area contributed by atoms with Crippen molar-refractivity contribution in [2.24, 2.45) is 0 Å². The van der Waals surface area contributed by atoms with Gasteiger partial charge in [0.25, 0.3) is 0 Å². The van der Waals surface area contributed by atoms with E-state index < -0.39 is 0 Å². The highest BCUT2D eigenvalue weighted by Gasteiger charge is 2.26. The summed E-state index contributed by atoms with van der Waals surface area (Å²) in [5.74, 6) is 0.309. The average Bonchev–Trinajstić information content (AvgIpc) is 3.23. The van der Waals surface area contributed by atoms with Gasteiger partial charge in [-0.25, -0.2) is 14.3 Å². The molecule has 1 fully saturated rings. The van der Waals surface area contributed by atoms with Crippen LogP contribution in [0.15, 0.2) is 59.5 Å². The monoisotopic (exact) mass is 532 g/mol. The number of carbonyl (C=O) groups is 1. The normalized spacial score (nSPS) is 14.4. The van der Waals surface area contributed by atoms with Crippen LogP contribution in [-0.4, -0.2) is 43.6 Å². The summed E-state index contributed by atoms with van der Waals surface area (Å²) in [4.78, 5) is 24.0. The van der Waals surface area contributed by atoms with Crippen molar-refractivity contribution >= 4 is 33.3 Å². The second kappa shape index (κ2) is 10.2. The smallest absolute Gasteiger partial charge is 0.321 e. The molecule has 0 bridgehead atoms. The van der Waals surface area contributed by atoms with Gasteiger partial charge >= 0.3 is 6.03 Å². The van der Waals surface area contributed by atoms with Crippen molar-refractivity contribution in [1.82, 2.24) is 24.5 Å². The highest BCUT2D eigenvalue weighted by Crippen LogP contribution is 2.30. The molecular weight excluding hydrogens is 504 g/mol. The first kappa shape index (κ1) is 23.5. The number of nitrogens with one attached hydrogen (secondary N) is 1. The van der Waals surface area contributed by atoms with Gasteiger partial charge < -0.3 is 10.2 Å². The van der Waals surface area contributed by atoms with E-state index in [1.165, 1.54) is 5.56 Å². The van der Waals surface area contributed by atoms with Crippen molar-refractivity contribution in [3.8, 4) is 0 Å². The number of amides is 2. The van der Waals surface area contributed by atoms with E-state index in [1.807, 2.05) is 47.7 Å². The van der Waals surface area contributed by atoms with Crippen LogP contribution in [0.3, 0.4) is 0 Å². The fourth-order valence-corrected chi connectivity index (χ4v) is 5.20. The molecule has 5 rings (SSSR count). The molecule has 0 unspecified atom stereocenters. The number of hydrogen-bond donors (Lipinski definition) is 1. The summed E-state index contributed by atoms with van der Waals surface area (Å²) in [7, 11) is 0. The van der Waals surface area contributed by atoms with Crippen molar-refractivity contribution < 1.29 is 4.79 Å². The molecule has 4 aromatic rings. The Labute approximate surface area is 213 Å². The van der Waals surface area contributed by atoms with Crippen LogP contribution in [0.5, 0.6) is 0 Å². The Hall–Kier alpha value is -3.26. The number of piperidine rings is 1. The fourth-order valence-electron chi connectivity index (χ4n) is 4.85. The quantitative estimate of drug-likeness (QED) is 0.357. The predicted octanol–water partition coefficient (Wildman–Crippen LogP) is 5.70. The lowest BCUT2D eigenvalue weighted by Crippen LogP contribution is -2.40. The summed E-state index contributed by atoms with van der Waals surface area (Å²) in [5, 5.41) is 7.60. The Kier molecular flexibility index (Phi) is 6.81.